The zero-order valence-corrected chi connectivity index (χ0v) is 16.5. The topological polar surface area (TPSA) is 47.5 Å². The maximum atomic E-state index is 13.0. The average molecular weight is 443 g/mol. The fourth-order valence-electron chi connectivity index (χ4n) is 3.49. The summed E-state index contributed by atoms with van der Waals surface area (Å²) < 4.78 is 77.9. The van der Waals surface area contributed by atoms with Crippen LogP contribution in [0.4, 0.5) is 32.0 Å². The average Bonchev–Trinajstić information content (AvgIpc) is 2.60. The normalized spacial score (nSPS) is 20.6. The number of rotatable bonds is 5. The second-order valence-corrected chi connectivity index (χ2v) is 7.46. The molecule has 1 saturated carbocycles. The van der Waals surface area contributed by atoms with Gasteiger partial charge in [0, 0.05) is 24.3 Å². The molecule has 0 bridgehead atoms. The molecule has 2 rings (SSSR count). The Hall–Kier alpha value is -1.59. The van der Waals surface area contributed by atoms with E-state index in [1.165, 1.54) is 0 Å². The molecular formula is C18H23F6N3OS. The van der Waals surface area contributed by atoms with Gasteiger partial charge in [0.05, 0.1) is 17.7 Å². The molecule has 1 aliphatic carbocycles. The van der Waals surface area contributed by atoms with Crippen molar-refractivity contribution in [1.82, 2.24) is 10.2 Å². The van der Waals surface area contributed by atoms with Crippen LogP contribution in [0.5, 0.6) is 0 Å². The summed E-state index contributed by atoms with van der Waals surface area (Å²) in [7, 11) is 1.85. The number of aliphatic hydroxyl groups excluding tert-OH is 1. The Labute approximate surface area is 170 Å². The van der Waals surface area contributed by atoms with Gasteiger partial charge >= 0.3 is 12.4 Å². The lowest BCUT2D eigenvalue weighted by molar-refractivity contribution is -0.143. The number of alkyl halides is 6. The van der Waals surface area contributed by atoms with E-state index in [1.807, 2.05) is 11.9 Å². The number of anilines is 1. The van der Waals surface area contributed by atoms with Gasteiger partial charge < -0.3 is 15.7 Å². The Bertz CT molecular complexity index is 678. The Morgan fingerprint density at radius 1 is 1.07 bits per heavy atom. The third-order valence-electron chi connectivity index (χ3n) is 4.91. The summed E-state index contributed by atoms with van der Waals surface area (Å²) in [5.74, 6) is 0. The van der Waals surface area contributed by atoms with Gasteiger partial charge in [0.25, 0.3) is 0 Å². The molecule has 1 aliphatic rings. The van der Waals surface area contributed by atoms with Crippen molar-refractivity contribution in [2.45, 2.75) is 50.1 Å². The molecule has 0 spiro atoms. The SMILES string of the molecule is CN(CCO)C1CCCCC1NC(=S)Nc1cc(C(F)(F)F)cc(C(F)(F)F)c1. The highest BCUT2D eigenvalue weighted by atomic mass is 32.1. The molecule has 4 nitrogen and oxygen atoms in total. The predicted molar refractivity (Wildman–Crippen MR) is 102 cm³/mol. The second kappa shape index (κ2) is 9.48. The highest BCUT2D eigenvalue weighted by Crippen LogP contribution is 2.37. The monoisotopic (exact) mass is 443 g/mol. The van der Waals surface area contributed by atoms with Crippen molar-refractivity contribution in [3.05, 3.63) is 29.3 Å². The van der Waals surface area contributed by atoms with Gasteiger partial charge in [-0.1, -0.05) is 12.8 Å². The van der Waals surface area contributed by atoms with Crippen LogP contribution in [-0.2, 0) is 12.4 Å². The van der Waals surface area contributed by atoms with E-state index in [9.17, 15) is 26.3 Å². The third kappa shape index (κ3) is 6.71. The van der Waals surface area contributed by atoms with Gasteiger partial charge in [-0.25, -0.2) is 0 Å². The van der Waals surface area contributed by atoms with Crippen LogP contribution in [0.1, 0.15) is 36.8 Å². The number of halogens is 6. The van der Waals surface area contributed by atoms with E-state index >= 15 is 0 Å². The minimum atomic E-state index is -4.92. The van der Waals surface area contributed by atoms with Crippen LogP contribution in [0.3, 0.4) is 0 Å². The lowest BCUT2D eigenvalue weighted by Crippen LogP contribution is -2.53. The second-order valence-electron chi connectivity index (χ2n) is 7.06. The smallest absolute Gasteiger partial charge is 0.395 e. The maximum absolute atomic E-state index is 13.0. The van der Waals surface area contributed by atoms with Gasteiger partial charge in [-0.2, -0.15) is 26.3 Å². The minimum Gasteiger partial charge on any atom is -0.395 e. The Morgan fingerprint density at radius 3 is 2.14 bits per heavy atom. The van der Waals surface area contributed by atoms with Crippen molar-refractivity contribution in [3.8, 4) is 0 Å². The zero-order chi connectivity index (χ0) is 21.8. The van der Waals surface area contributed by atoms with Crippen molar-refractivity contribution >= 4 is 23.0 Å². The van der Waals surface area contributed by atoms with Gasteiger partial charge in [0.1, 0.15) is 0 Å². The fourth-order valence-corrected chi connectivity index (χ4v) is 3.76. The van der Waals surface area contributed by atoms with Crippen LogP contribution >= 0.6 is 12.2 Å². The van der Waals surface area contributed by atoms with Crippen LogP contribution in [-0.4, -0.2) is 47.4 Å². The van der Waals surface area contributed by atoms with Crippen LogP contribution in [0, 0.1) is 0 Å². The molecule has 11 heteroatoms. The van der Waals surface area contributed by atoms with Crippen molar-refractivity contribution < 1.29 is 31.4 Å². The number of aliphatic hydroxyl groups is 1. The van der Waals surface area contributed by atoms with E-state index in [2.05, 4.69) is 10.6 Å². The lowest BCUT2D eigenvalue weighted by atomic mass is 9.89. The minimum absolute atomic E-state index is 0.0210. The first-order valence-corrected chi connectivity index (χ1v) is 9.50. The highest BCUT2D eigenvalue weighted by molar-refractivity contribution is 7.80. The third-order valence-corrected chi connectivity index (χ3v) is 5.13. The van der Waals surface area contributed by atoms with E-state index in [4.69, 9.17) is 17.3 Å². The largest absolute Gasteiger partial charge is 0.416 e. The molecule has 1 fully saturated rings. The van der Waals surface area contributed by atoms with Crippen LogP contribution < -0.4 is 10.6 Å². The first-order chi connectivity index (χ1) is 13.4. The first-order valence-electron chi connectivity index (χ1n) is 9.10. The van der Waals surface area contributed by atoms with Crippen LogP contribution in [0.15, 0.2) is 18.2 Å². The number of thiocarbonyl (C=S) groups is 1. The van der Waals surface area contributed by atoms with Crippen molar-refractivity contribution in [3.63, 3.8) is 0 Å². The fraction of sp³-hybridized carbons (Fsp3) is 0.611. The molecule has 0 amide bonds. The van der Waals surface area contributed by atoms with E-state index < -0.39 is 23.5 Å². The first kappa shape index (κ1) is 23.7. The summed E-state index contributed by atoms with van der Waals surface area (Å²) in [6.07, 6.45) is -6.34. The number of nitrogens with zero attached hydrogens (tertiary/aromatic N) is 1. The van der Waals surface area contributed by atoms with Gasteiger partial charge in [-0.3, -0.25) is 4.90 Å². The van der Waals surface area contributed by atoms with Crippen molar-refractivity contribution in [1.29, 1.82) is 0 Å². The van der Waals surface area contributed by atoms with Crippen LogP contribution in [0.2, 0.25) is 0 Å². The standard InChI is InChI=1S/C18H23F6N3OS/c1-27(6-7-28)15-5-3-2-4-14(15)26-16(29)25-13-9-11(17(19,20)21)8-12(10-13)18(22,23)24/h8-10,14-15,28H,2-7H2,1H3,(H2,25,26,29). The molecule has 0 radical (unpaired) electrons. The molecule has 29 heavy (non-hydrogen) atoms. The maximum Gasteiger partial charge on any atom is 0.416 e. The van der Waals surface area contributed by atoms with Crippen molar-refractivity contribution in [2.75, 3.05) is 25.5 Å². The summed E-state index contributed by atoms with van der Waals surface area (Å²) >= 11 is 5.14. The molecule has 1 aromatic rings. The van der Waals surface area contributed by atoms with Gasteiger partial charge in [-0.15, -0.1) is 0 Å². The molecule has 0 aromatic heterocycles. The molecule has 2 unspecified atom stereocenters. The lowest BCUT2D eigenvalue weighted by Gasteiger charge is -2.38. The van der Waals surface area contributed by atoms with Crippen molar-refractivity contribution in [2.24, 2.45) is 0 Å². The molecule has 1 aromatic carbocycles. The van der Waals surface area contributed by atoms with E-state index in [-0.39, 0.29) is 35.6 Å². The molecule has 3 N–H and O–H groups in total. The van der Waals surface area contributed by atoms with E-state index in [0.717, 1.165) is 25.7 Å². The number of benzene rings is 1. The van der Waals surface area contributed by atoms with Gasteiger partial charge in [0.2, 0.25) is 0 Å². The van der Waals surface area contributed by atoms with Gasteiger partial charge in [-0.05, 0) is 50.3 Å². The predicted octanol–water partition coefficient (Wildman–Crippen LogP) is 4.25. The summed E-state index contributed by atoms with van der Waals surface area (Å²) in [6.45, 7) is 0.429. The Balaban J connectivity index is 2.17. The molecule has 2 atom stereocenters. The molecule has 0 heterocycles. The summed E-state index contributed by atoms with van der Waals surface area (Å²) in [6, 6.07) is 1.18. The summed E-state index contributed by atoms with van der Waals surface area (Å²) in [4.78, 5) is 1.96. The van der Waals surface area contributed by atoms with Gasteiger partial charge in [0.15, 0.2) is 5.11 Å². The van der Waals surface area contributed by atoms with Crippen LogP contribution in [0.25, 0.3) is 0 Å². The number of nitrogens with one attached hydrogen (secondary N) is 2. The summed E-state index contributed by atoms with van der Waals surface area (Å²) in [5, 5.41) is 14.5. The molecule has 0 aliphatic heterocycles. The highest BCUT2D eigenvalue weighted by Gasteiger charge is 2.37. The van der Waals surface area contributed by atoms with E-state index in [0.29, 0.717) is 18.7 Å². The molecule has 0 saturated heterocycles. The number of likely N-dealkylation sites (N-methyl/N-ethyl adjacent to an activating group) is 1. The molecule has 164 valence electrons. The quantitative estimate of drug-likeness (QED) is 0.469. The number of hydrogen-bond acceptors (Lipinski definition) is 3. The Morgan fingerprint density at radius 2 is 1.62 bits per heavy atom. The zero-order valence-electron chi connectivity index (χ0n) is 15.7. The summed E-state index contributed by atoms with van der Waals surface area (Å²) in [5.41, 5.74) is -3.20. The molecular weight excluding hydrogens is 420 g/mol. The van der Waals surface area contributed by atoms with E-state index in [1.54, 1.807) is 0 Å². The number of hydrogen-bond donors (Lipinski definition) is 3. The Kier molecular flexibility index (Phi) is 7.74.